The van der Waals surface area contributed by atoms with E-state index in [-0.39, 0.29) is 12.5 Å². The van der Waals surface area contributed by atoms with Crippen LogP contribution in [0.1, 0.15) is 48.2 Å². The number of aromatic nitrogens is 3. The van der Waals surface area contributed by atoms with Gasteiger partial charge >= 0.3 is 0 Å². The Morgan fingerprint density at radius 1 is 1.27 bits per heavy atom. The summed E-state index contributed by atoms with van der Waals surface area (Å²) < 4.78 is 7.52. The quantitative estimate of drug-likeness (QED) is 0.860. The molecule has 2 atom stereocenters. The third kappa shape index (κ3) is 3.62. The molecule has 0 radical (unpaired) electrons. The monoisotopic (exact) mass is 358 g/mol. The Kier molecular flexibility index (Phi) is 5.63. The first-order valence-electron chi connectivity index (χ1n) is 9.30. The number of pyridine rings is 1. The molecule has 26 heavy (non-hydrogen) atoms. The zero-order chi connectivity index (χ0) is 18.8. The maximum absolute atomic E-state index is 9.88. The van der Waals surface area contributed by atoms with Crippen LogP contribution in [-0.2, 0) is 6.54 Å². The number of aryl methyl sites for hydroxylation is 1. The van der Waals surface area contributed by atoms with Gasteiger partial charge in [-0.1, -0.05) is 0 Å². The third-order valence-corrected chi connectivity index (χ3v) is 5.45. The lowest BCUT2D eigenvalue weighted by atomic mass is 9.92. The molecule has 2 aromatic heterocycles. The molecule has 6 heteroatoms. The minimum atomic E-state index is 0.192. The van der Waals surface area contributed by atoms with Crippen LogP contribution in [0.15, 0.2) is 18.6 Å². The van der Waals surface area contributed by atoms with Crippen LogP contribution < -0.4 is 4.74 Å². The molecular weight excluding hydrogens is 328 g/mol. The summed E-state index contributed by atoms with van der Waals surface area (Å²) >= 11 is 0. The van der Waals surface area contributed by atoms with Crippen molar-refractivity contribution in [2.45, 2.75) is 46.2 Å². The van der Waals surface area contributed by atoms with Gasteiger partial charge in [0.05, 0.1) is 19.0 Å². The summed E-state index contributed by atoms with van der Waals surface area (Å²) in [6, 6.07) is 0.348. The first-order valence-corrected chi connectivity index (χ1v) is 9.30. The number of aliphatic hydroxyl groups is 1. The number of methoxy groups -OCH3 is 1. The fourth-order valence-corrected chi connectivity index (χ4v) is 3.92. The van der Waals surface area contributed by atoms with Gasteiger partial charge in [-0.3, -0.25) is 14.6 Å². The van der Waals surface area contributed by atoms with Crippen LogP contribution in [0.3, 0.4) is 0 Å². The second-order valence-electron chi connectivity index (χ2n) is 7.64. The minimum absolute atomic E-state index is 0.192. The lowest BCUT2D eigenvalue weighted by Gasteiger charge is -2.18. The van der Waals surface area contributed by atoms with E-state index in [2.05, 4.69) is 42.0 Å². The molecule has 1 fully saturated rings. The first kappa shape index (κ1) is 18.9. The Morgan fingerprint density at radius 2 is 2.04 bits per heavy atom. The number of rotatable bonds is 6. The highest BCUT2D eigenvalue weighted by Crippen LogP contribution is 2.34. The normalized spacial score (nSPS) is 20.9. The van der Waals surface area contributed by atoms with Gasteiger partial charge in [0.1, 0.15) is 5.75 Å². The van der Waals surface area contributed by atoms with Crippen LogP contribution in [0, 0.1) is 19.8 Å². The number of hydrogen-bond acceptors (Lipinski definition) is 5. The van der Waals surface area contributed by atoms with Crippen LogP contribution in [0.2, 0.25) is 0 Å². The van der Waals surface area contributed by atoms with Gasteiger partial charge in [-0.2, -0.15) is 5.10 Å². The molecular formula is C20H30N4O2. The van der Waals surface area contributed by atoms with Crippen molar-refractivity contribution in [3.63, 3.8) is 0 Å². The van der Waals surface area contributed by atoms with Crippen molar-refractivity contribution in [3.8, 4) is 5.75 Å². The molecule has 6 nitrogen and oxygen atoms in total. The molecule has 1 saturated heterocycles. The summed E-state index contributed by atoms with van der Waals surface area (Å²) in [4.78, 5) is 7.00. The van der Waals surface area contributed by atoms with Crippen molar-refractivity contribution < 1.29 is 9.84 Å². The smallest absolute Gasteiger partial charge is 0.128 e. The van der Waals surface area contributed by atoms with E-state index >= 15 is 0 Å². The van der Waals surface area contributed by atoms with Crippen molar-refractivity contribution in [1.29, 1.82) is 0 Å². The lowest BCUT2D eigenvalue weighted by Crippen LogP contribution is -2.22. The van der Waals surface area contributed by atoms with Crippen molar-refractivity contribution in [1.82, 2.24) is 19.7 Å². The van der Waals surface area contributed by atoms with E-state index in [4.69, 9.17) is 4.74 Å². The van der Waals surface area contributed by atoms with Gasteiger partial charge in [0.2, 0.25) is 0 Å². The second kappa shape index (κ2) is 7.76. The van der Waals surface area contributed by atoms with Crippen molar-refractivity contribution in [3.05, 3.63) is 41.0 Å². The van der Waals surface area contributed by atoms with E-state index in [1.54, 1.807) is 7.11 Å². The minimum Gasteiger partial charge on any atom is -0.496 e. The predicted molar refractivity (Wildman–Crippen MR) is 101 cm³/mol. The van der Waals surface area contributed by atoms with E-state index in [1.165, 1.54) is 5.56 Å². The van der Waals surface area contributed by atoms with Gasteiger partial charge in [-0.05, 0) is 33.3 Å². The Balaban J connectivity index is 1.77. The molecule has 3 heterocycles. The average molecular weight is 358 g/mol. The topological polar surface area (TPSA) is 63.4 Å². The molecule has 1 aliphatic heterocycles. The summed E-state index contributed by atoms with van der Waals surface area (Å²) in [5.41, 5.74) is 4.42. The van der Waals surface area contributed by atoms with Crippen LogP contribution in [0.4, 0.5) is 0 Å². The molecule has 2 aromatic rings. The Hall–Kier alpha value is -1.92. The number of ether oxygens (including phenoxy) is 1. The van der Waals surface area contributed by atoms with Crippen molar-refractivity contribution >= 4 is 0 Å². The van der Waals surface area contributed by atoms with E-state index < -0.39 is 0 Å². The predicted octanol–water partition coefficient (Wildman–Crippen LogP) is 2.69. The number of nitrogens with zero attached hydrogens (tertiary/aromatic N) is 4. The van der Waals surface area contributed by atoms with E-state index in [1.807, 2.05) is 24.0 Å². The fourth-order valence-electron chi connectivity index (χ4n) is 3.92. The molecule has 0 saturated carbocycles. The molecule has 0 bridgehead atoms. The van der Waals surface area contributed by atoms with Crippen molar-refractivity contribution in [2.24, 2.45) is 5.92 Å². The average Bonchev–Trinajstić information content (AvgIpc) is 3.24. The highest BCUT2D eigenvalue weighted by Gasteiger charge is 2.34. The molecule has 0 amide bonds. The number of aliphatic hydroxyl groups excluding tert-OH is 1. The highest BCUT2D eigenvalue weighted by atomic mass is 16.5. The van der Waals surface area contributed by atoms with Crippen LogP contribution in [0.25, 0.3) is 0 Å². The van der Waals surface area contributed by atoms with Gasteiger partial charge in [-0.15, -0.1) is 0 Å². The molecule has 3 rings (SSSR count). The van der Waals surface area contributed by atoms with E-state index in [0.717, 1.165) is 42.2 Å². The molecule has 0 aliphatic carbocycles. The summed E-state index contributed by atoms with van der Waals surface area (Å²) in [7, 11) is 1.71. The Labute approximate surface area is 155 Å². The number of hydrogen-bond donors (Lipinski definition) is 1. The van der Waals surface area contributed by atoms with Crippen LogP contribution in [-0.4, -0.2) is 51.6 Å². The zero-order valence-corrected chi connectivity index (χ0v) is 16.4. The maximum Gasteiger partial charge on any atom is 0.128 e. The van der Waals surface area contributed by atoms with Gasteiger partial charge in [0.15, 0.2) is 0 Å². The lowest BCUT2D eigenvalue weighted by molar-refractivity contribution is 0.213. The molecule has 0 aromatic carbocycles. The largest absolute Gasteiger partial charge is 0.496 e. The molecule has 1 N–H and O–H groups in total. The SMILES string of the molecule is COc1c(C)cnc(CN2C[C@@H](CO)[C@H](c3cnn(C(C)C)c3)C2)c1C. The van der Waals surface area contributed by atoms with Crippen LogP contribution in [0.5, 0.6) is 5.75 Å². The standard InChI is InChI=1S/C20H30N4O2/c1-13(2)24-9-16(7-22-24)18-10-23(8-17(18)12-25)11-19-15(4)20(26-5)14(3)6-21-19/h6-7,9,13,17-18,25H,8,10-12H2,1-5H3/t17-,18-/m0/s1. The molecule has 1 aliphatic rings. The summed E-state index contributed by atoms with van der Waals surface area (Å²) in [5, 5.41) is 14.4. The maximum atomic E-state index is 9.88. The van der Waals surface area contributed by atoms with Gasteiger partial charge < -0.3 is 9.84 Å². The number of likely N-dealkylation sites (tertiary alicyclic amines) is 1. The van der Waals surface area contributed by atoms with Gasteiger partial charge in [0, 0.05) is 67.6 Å². The molecule has 0 unspecified atom stereocenters. The zero-order valence-electron chi connectivity index (χ0n) is 16.4. The van der Waals surface area contributed by atoms with E-state index in [0.29, 0.717) is 12.0 Å². The highest BCUT2D eigenvalue weighted by molar-refractivity contribution is 5.41. The third-order valence-electron chi connectivity index (χ3n) is 5.45. The van der Waals surface area contributed by atoms with Gasteiger partial charge in [0.25, 0.3) is 0 Å². The van der Waals surface area contributed by atoms with Gasteiger partial charge in [-0.25, -0.2) is 0 Å². The Bertz CT molecular complexity index is 756. The van der Waals surface area contributed by atoms with Crippen molar-refractivity contribution in [2.75, 3.05) is 26.8 Å². The Morgan fingerprint density at radius 3 is 2.65 bits per heavy atom. The fraction of sp³-hybridized carbons (Fsp3) is 0.600. The van der Waals surface area contributed by atoms with Crippen LogP contribution >= 0.6 is 0 Å². The summed E-state index contributed by atoms with van der Waals surface area (Å²) in [6.07, 6.45) is 5.96. The second-order valence-corrected chi connectivity index (χ2v) is 7.64. The van der Waals surface area contributed by atoms with E-state index in [9.17, 15) is 5.11 Å². The molecule has 142 valence electrons. The molecule has 0 spiro atoms. The first-order chi connectivity index (χ1) is 12.4. The summed E-state index contributed by atoms with van der Waals surface area (Å²) in [5.74, 6) is 1.45. The summed E-state index contributed by atoms with van der Waals surface area (Å²) in [6.45, 7) is 11.1.